The van der Waals surface area contributed by atoms with Crippen LogP contribution in [0.15, 0.2) is 30.3 Å². The second-order valence-electron chi connectivity index (χ2n) is 8.12. The van der Waals surface area contributed by atoms with Crippen molar-refractivity contribution in [2.24, 2.45) is 5.41 Å². The standard InChI is InChI=1S/C20H30N2O2/c1-21(2)16-20(24)10-8-19(9-11-20)12-14-22(15-13-19)18(23)17-6-4-3-5-7-17/h3-7,24H,8-16H2,1-2H3. The first-order valence-corrected chi connectivity index (χ1v) is 9.13. The van der Waals surface area contributed by atoms with E-state index in [1.165, 1.54) is 0 Å². The third kappa shape index (κ3) is 3.81. The normalized spacial score (nSPS) is 22.8. The van der Waals surface area contributed by atoms with Crippen LogP contribution in [0.1, 0.15) is 48.9 Å². The number of aliphatic hydroxyl groups is 1. The highest BCUT2D eigenvalue weighted by atomic mass is 16.3. The van der Waals surface area contributed by atoms with E-state index in [1.54, 1.807) is 0 Å². The van der Waals surface area contributed by atoms with E-state index < -0.39 is 5.60 Å². The molecule has 4 nitrogen and oxygen atoms in total. The highest BCUT2D eigenvalue weighted by Gasteiger charge is 2.43. The third-order valence-corrected chi connectivity index (χ3v) is 5.98. The number of rotatable bonds is 3. The summed E-state index contributed by atoms with van der Waals surface area (Å²) in [6.45, 7) is 2.45. The van der Waals surface area contributed by atoms with Gasteiger partial charge in [0.1, 0.15) is 0 Å². The summed E-state index contributed by atoms with van der Waals surface area (Å²) in [4.78, 5) is 16.7. The summed E-state index contributed by atoms with van der Waals surface area (Å²) in [6.07, 6.45) is 6.10. The molecule has 1 spiro atoms. The molecule has 1 heterocycles. The maximum Gasteiger partial charge on any atom is 0.253 e. The van der Waals surface area contributed by atoms with E-state index in [4.69, 9.17) is 0 Å². The van der Waals surface area contributed by atoms with E-state index in [0.717, 1.165) is 63.7 Å². The Morgan fingerprint density at radius 1 is 1.04 bits per heavy atom. The van der Waals surface area contributed by atoms with Crippen LogP contribution in [0.2, 0.25) is 0 Å². The van der Waals surface area contributed by atoms with Crippen LogP contribution in [-0.4, -0.2) is 60.1 Å². The average molecular weight is 330 g/mol. The molecule has 132 valence electrons. The number of amides is 1. The molecule has 3 rings (SSSR count). The van der Waals surface area contributed by atoms with Crippen LogP contribution >= 0.6 is 0 Å². The summed E-state index contributed by atoms with van der Waals surface area (Å²) in [6, 6.07) is 9.58. The van der Waals surface area contributed by atoms with Crippen molar-refractivity contribution in [1.82, 2.24) is 9.80 Å². The molecule has 0 atom stereocenters. The molecule has 1 aliphatic carbocycles. The summed E-state index contributed by atoms with van der Waals surface area (Å²) in [5.74, 6) is 0.158. The van der Waals surface area contributed by atoms with Crippen molar-refractivity contribution in [3.8, 4) is 0 Å². The zero-order valence-corrected chi connectivity index (χ0v) is 15.0. The maximum absolute atomic E-state index is 12.6. The van der Waals surface area contributed by atoms with Crippen LogP contribution in [0.3, 0.4) is 0 Å². The van der Waals surface area contributed by atoms with Gasteiger partial charge in [0.25, 0.3) is 5.91 Å². The number of carbonyl (C=O) groups excluding carboxylic acids is 1. The van der Waals surface area contributed by atoms with Crippen LogP contribution in [0.25, 0.3) is 0 Å². The van der Waals surface area contributed by atoms with E-state index in [1.807, 2.05) is 49.3 Å². The highest BCUT2D eigenvalue weighted by Crippen LogP contribution is 2.47. The number of likely N-dealkylation sites (tertiary alicyclic amines) is 1. The Hall–Kier alpha value is -1.39. The van der Waals surface area contributed by atoms with Gasteiger partial charge in [-0.25, -0.2) is 0 Å². The minimum atomic E-state index is -0.522. The van der Waals surface area contributed by atoms with Crippen molar-refractivity contribution in [2.45, 2.75) is 44.1 Å². The fourth-order valence-electron chi connectivity index (χ4n) is 4.44. The second-order valence-corrected chi connectivity index (χ2v) is 8.12. The molecule has 4 heteroatoms. The summed E-state index contributed by atoms with van der Waals surface area (Å²) < 4.78 is 0. The van der Waals surface area contributed by atoms with Crippen LogP contribution in [0, 0.1) is 5.41 Å². The number of carbonyl (C=O) groups is 1. The Morgan fingerprint density at radius 2 is 1.62 bits per heavy atom. The maximum atomic E-state index is 12.6. The van der Waals surface area contributed by atoms with Gasteiger partial charge < -0.3 is 14.9 Å². The fraction of sp³-hybridized carbons (Fsp3) is 0.650. The van der Waals surface area contributed by atoms with E-state index in [0.29, 0.717) is 5.41 Å². The minimum Gasteiger partial charge on any atom is -0.389 e. The number of nitrogens with zero attached hydrogens (tertiary/aromatic N) is 2. The van der Waals surface area contributed by atoms with Crippen LogP contribution < -0.4 is 0 Å². The number of benzene rings is 1. The van der Waals surface area contributed by atoms with Gasteiger partial charge in [0.15, 0.2) is 0 Å². The Morgan fingerprint density at radius 3 is 2.17 bits per heavy atom. The van der Waals surface area contributed by atoms with Crippen molar-refractivity contribution >= 4 is 5.91 Å². The molecule has 24 heavy (non-hydrogen) atoms. The predicted octanol–water partition coefficient (Wildman–Crippen LogP) is 2.78. The van der Waals surface area contributed by atoms with Crippen molar-refractivity contribution in [3.63, 3.8) is 0 Å². The second kappa shape index (κ2) is 6.85. The Labute approximate surface area is 145 Å². The van der Waals surface area contributed by atoms with Crippen molar-refractivity contribution in [3.05, 3.63) is 35.9 Å². The van der Waals surface area contributed by atoms with E-state index in [9.17, 15) is 9.90 Å². The van der Waals surface area contributed by atoms with Gasteiger partial charge in [-0.2, -0.15) is 0 Å². The van der Waals surface area contributed by atoms with Gasteiger partial charge in [0.2, 0.25) is 0 Å². The molecule has 1 aromatic carbocycles. The first kappa shape index (κ1) is 17.4. The highest BCUT2D eigenvalue weighted by molar-refractivity contribution is 5.94. The molecule has 0 unspecified atom stereocenters. The number of piperidine rings is 1. The lowest BCUT2D eigenvalue weighted by Crippen LogP contribution is -2.49. The topological polar surface area (TPSA) is 43.8 Å². The van der Waals surface area contributed by atoms with Gasteiger partial charge in [-0.1, -0.05) is 18.2 Å². The van der Waals surface area contributed by atoms with Gasteiger partial charge >= 0.3 is 0 Å². The van der Waals surface area contributed by atoms with Crippen LogP contribution in [0.5, 0.6) is 0 Å². The number of hydrogen-bond acceptors (Lipinski definition) is 3. The molecule has 2 aliphatic rings. The van der Waals surface area contributed by atoms with Gasteiger partial charge in [-0.15, -0.1) is 0 Å². The van der Waals surface area contributed by atoms with Crippen LogP contribution in [0.4, 0.5) is 0 Å². The van der Waals surface area contributed by atoms with Crippen LogP contribution in [-0.2, 0) is 0 Å². The predicted molar refractivity (Wildman–Crippen MR) is 96.0 cm³/mol. The van der Waals surface area contributed by atoms with Crippen molar-refractivity contribution < 1.29 is 9.90 Å². The largest absolute Gasteiger partial charge is 0.389 e. The molecule has 1 N–H and O–H groups in total. The molecular formula is C20H30N2O2. The summed E-state index contributed by atoms with van der Waals surface area (Å²) in [5, 5.41) is 10.7. The fourth-order valence-corrected chi connectivity index (χ4v) is 4.44. The van der Waals surface area contributed by atoms with Gasteiger partial charge in [-0.05, 0) is 70.2 Å². The quantitative estimate of drug-likeness (QED) is 0.927. The van der Waals surface area contributed by atoms with Gasteiger partial charge in [-0.3, -0.25) is 4.79 Å². The third-order valence-electron chi connectivity index (χ3n) is 5.98. The van der Waals surface area contributed by atoms with Crippen molar-refractivity contribution in [1.29, 1.82) is 0 Å². The summed E-state index contributed by atoms with van der Waals surface area (Å²) in [7, 11) is 4.05. The SMILES string of the molecule is CN(C)CC1(O)CCC2(CCN(C(=O)c3ccccc3)CC2)CC1. The van der Waals surface area contributed by atoms with Crippen molar-refractivity contribution in [2.75, 3.05) is 33.7 Å². The molecule has 1 saturated carbocycles. The zero-order chi connectivity index (χ0) is 17.2. The van der Waals surface area contributed by atoms with Gasteiger partial charge in [0, 0.05) is 25.2 Å². The molecule has 2 fully saturated rings. The molecule has 0 radical (unpaired) electrons. The molecular weight excluding hydrogens is 300 g/mol. The molecule has 0 aromatic heterocycles. The molecule has 1 aliphatic heterocycles. The van der Waals surface area contributed by atoms with E-state index in [-0.39, 0.29) is 5.91 Å². The lowest BCUT2D eigenvalue weighted by Gasteiger charge is -2.48. The van der Waals surface area contributed by atoms with Gasteiger partial charge in [0.05, 0.1) is 5.60 Å². The molecule has 0 bridgehead atoms. The van der Waals surface area contributed by atoms with E-state index in [2.05, 4.69) is 4.90 Å². The smallest absolute Gasteiger partial charge is 0.253 e. The lowest BCUT2D eigenvalue weighted by atomic mass is 9.64. The Bertz CT molecular complexity index is 552. The monoisotopic (exact) mass is 330 g/mol. The average Bonchev–Trinajstić information content (AvgIpc) is 2.58. The Kier molecular flexibility index (Phi) is 4.97. The number of likely N-dealkylation sites (N-methyl/N-ethyl adjacent to an activating group) is 1. The summed E-state index contributed by atoms with van der Waals surface area (Å²) in [5.41, 5.74) is 0.607. The Balaban J connectivity index is 1.55. The number of hydrogen-bond donors (Lipinski definition) is 1. The minimum absolute atomic E-state index is 0.158. The molecule has 1 aromatic rings. The zero-order valence-electron chi connectivity index (χ0n) is 15.0. The van der Waals surface area contributed by atoms with E-state index >= 15 is 0 Å². The first-order valence-electron chi connectivity index (χ1n) is 9.13. The lowest BCUT2D eigenvalue weighted by molar-refractivity contribution is -0.0615. The molecule has 1 amide bonds. The first-order chi connectivity index (χ1) is 11.4. The molecule has 1 saturated heterocycles. The summed E-state index contributed by atoms with van der Waals surface area (Å²) >= 11 is 0.